The zero-order valence-corrected chi connectivity index (χ0v) is 17.6. The molecule has 3 aromatic rings. The highest BCUT2D eigenvalue weighted by Crippen LogP contribution is 2.22. The summed E-state index contributed by atoms with van der Waals surface area (Å²) in [5.74, 6) is 2.09. The van der Waals surface area contributed by atoms with Gasteiger partial charge < -0.3 is 19.7 Å². The highest BCUT2D eigenvalue weighted by molar-refractivity contribution is 5.92. The molecule has 0 saturated carbocycles. The molecule has 7 nitrogen and oxygen atoms in total. The largest absolute Gasteiger partial charge is 0.494 e. The van der Waals surface area contributed by atoms with Gasteiger partial charge in [0.15, 0.2) is 12.4 Å². The van der Waals surface area contributed by atoms with E-state index in [1.165, 1.54) is 12.8 Å². The van der Waals surface area contributed by atoms with E-state index in [9.17, 15) is 4.79 Å². The van der Waals surface area contributed by atoms with Crippen molar-refractivity contribution in [2.24, 2.45) is 0 Å². The molecule has 0 aliphatic carbocycles. The van der Waals surface area contributed by atoms with E-state index in [-0.39, 0.29) is 12.5 Å². The number of benzene rings is 2. The molecule has 1 N–H and O–H groups in total. The summed E-state index contributed by atoms with van der Waals surface area (Å²) < 4.78 is 10.9. The lowest BCUT2D eigenvalue weighted by Crippen LogP contribution is -2.20. The van der Waals surface area contributed by atoms with Crippen molar-refractivity contribution in [1.82, 2.24) is 10.2 Å². The summed E-state index contributed by atoms with van der Waals surface area (Å²) in [5, 5.41) is 11.6. The molecule has 2 heterocycles. The van der Waals surface area contributed by atoms with Crippen LogP contribution in [0, 0.1) is 0 Å². The summed E-state index contributed by atoms with van der Waals surface area (Å²) in [5.41, 5.74) is 2.45. The number of nitrogens with one attached hydrogen (secondary N) is 1. The van der Waals surface area contributed by atoms with Gasteiger partial charge >= 0.3 is 0 Å². The van der Waals surface area contributed by atoms with Crippen LogP contribution in [0.15, 0.2) is 60.7 Å². The van der Waals surface area contributed by atoms with Crippen LogP contribution >= 0.6 is 0 Å². The molecule has 1 aromatic heterocycles. The first-order valence-electron chi connectivity index (χ1n) is 10.6. The van der Waals surface area contributed by atoms with E-state index >= 15 is 0 Å². The minimum Gasteiger partial charge on any atom is -0.494 e. The second kappa shape index (κ2) is 9.93. The maximum atomic E-state index is 12.2. The number of amides is 1. The molecule has 0 spiro atoms. The fourth-order valence-corrected chi connectivity index (χ4v) is 3.46. The van der Waals surface area contributed by atoms with Crippen LogP contribution in [0.25, 0.3) is 11.3 Å². The number of anilines is 2. The van der Waals surface area contributed by atoms with Gasteiger partial charge in [-0.15, -0.1) is 10.2 Å². The minimum absolute atomic E-state index is 0.0703. The van der Waals surface area contributed by atoms with Crippen molar-refractivity contribution >= 4 is 17.4 Å². The van der Waals surface area contributed by atoms with Crippen LogP contribution in [0.2, 0.25) is 0 Å². The molecule has 1 fully saturated rings. The van der Waals surface area contributed by atoms with E-state index in [2.05, 4.69) is 20.4 Å². The predicted octanol–water partition coefficient (Wildman–Crippen LogP) is 4.16. The molecular weight excluding hydrogens is 392 g/mol. The lowest BCUT2D eigenvalue weighted by Gasteiger charge is -2.15. The topological polar surface area (TPSA) is 76.6 Å². The Hall–Kier alpha value is -3.61. The SMILES string of the molecule is CCOc1ccc(OCC(=O)Nc2ccc(-c3ccc(N4CCCC4)nn3)cc2)cc1. The molecule has 2 aromatic carbocycles. The van der Waals surface area contributed by atoms with E-state index in [1.54, 1.807) is 12.1 Å². The summed E-state index contributed by atoms with van der Waals surface area (Å²) >= 11 is 0. The second-order valence-corrected chi connectivity index (χ2v) is 7.29. The van der Waals surface area contributed by atoms with Gasteiger partial charge in [-0.25, -0.2) is 0 Å². The van der Waals surface area contributed by atoms with Crippen LogP contribution in [0.5, 0.6) is 11.5 Å². The van der Waals surface area contributed by atoms with Crippen molar-refractivity contribution < 1.29 is 14.3 Å². The van der Waals surface area contributed by atoms with Gasteiger partial charge in [-0.3, -0.25) is 4.79 Å². The number of hydrogen-bond acceptors (Lipinski definition) is 6. The van der Waals surface area contributed by atoms with E-state index in [0.717, 1.165) is 35.9 Å². The van der Waals surface area contributed by atoms with E-state index in [4.69, 9.17) is 9.47 Å². The monoisotopic (exact) mass is 418 g/mol. The number of rotatable bonds is 8. The first-order valence-corrected chi connectivity index (χ1v) is 10.6. The Balaban J connectivity index is 1.29. The molecule has 0 bridgehead atoms. The number of ether oxygens (including phenoxy) is 2. The maximum Gasteiger partial charge on any atom is 0.262 e. The molecule has 0 radical (unpaired) electrons. The van der Waals surface area contributed by atoms with Crippen molar-refractivity contribution in [2.75, 3.05) is 36.5 Å². The summed E-state index contributed by atoms with van der Waals surface area (Å²) in [7, 11) is 0. The molecule has 31 heavy (non-hydrogen) atoms. The third kappa shape index (κ3) is 5.51. The lowest BCUT2D eigenvalue weighted by molar-refractivity contribution is -0.118. The molecule has 4 rings (SSSR count). The Labute approximate surface area is 182 Å². The first kappa shape index (κ1) is 20.7. The van der Waals surface area contributed by atoms with Gasteiger partial charge in [0.1, 0.15) is 11.5 Å². The van der Waals surface area contributed by atoms with Crippen molar-refractivity contribution in [3.63, 3.8) is 0 Å². The average molecular weight is 418 g/mol. The van der Waals surface area contributed by atoms with Gasteiger partial charge in [0, 0.05) is 24.3 Å². The number of aromatic nitrogens is 2. The summed E-state index contributed by atoms with van der Waals surface area (Å²) in [6.45, 7) is 4.56. The van der Waals surface area contributed by atoms with Crippen LogP contribution in [0.4, 0.5) is 11.5 Å². The van der Waals surface area contributed by atoms with E-state index < -0.39 is 0 Å². The normalized spacial score (nSPS) is 13.1. The predicted molar refractivity (Wildman–Crippen MR) is 121 cm³/mol. The molecule has 0 atom stereocenters. The molecule has 0 unspecified atom stereocenters. The zero-order chi connectivity index (χ0) is 21.5. The van der Waals surface area contributed by atoms with E-state index in [1.807, 2.05) is 55.5 Å². The standard InChI is InChI=1S/C24H26N4O3/c1-2-30-20-9-11-21(12-10-20)31-17-24(29)25-19-7-5-18(6-8-19)22-13-14-23(27-26-22)28-15-3-4-16-28/h5-14H,2-4,15-17H2,1H3,(H,25,29). The van der Waals surface area contributed by atoms with Gasteiger partial charge in [-0.2, -0.15) is 0 Å². The Kier molecular flexibility index (Phi) is 6.62. The fourth-order valence-electron chi connectivity index (χ4n) is 3.46. The Morgan fingerprint density at radius 1 is 0.903 bits per heavy atom. The average Bonchev–Trinajstić information content (AvgIpc) is 3.35. The molecule has 1 saturated heterocycles. The van der Waals surface area contributed by atoms with Gasteiger partial charge in [0.05, 0.1) is 12.3 Å². The molecule has 160 valence electrons. The quantitative estimate of drug-likeness (QED) is 0.592. The number of carbonyl (C=O) groups is 1. The van der Waals surface area contributed by atoms with Gasteiger partial charge in [0.2, 0.25) is 0 Å². The Morgan fingerprint density at radius 2 is 1.58 bits per heavy atom. The third-order valence-electron chi connectivity index (χ3n) is 5.05. The molecular formula is C24H26N4O3. The van der Waals surface area contributed by atoms with Crippen molar-refractivity contribution in [2.45, 2.75) is 19.8 Å². The summed E-state index contributed by atoms with van der Waals surface area (Å²) in [6.07, 6.45) is 2.42. The van der Waals surface area contributed by atoms with Crippen molar-refractivity contribution in [1.29, 1.82) is 0 Å². The maximum absolute atomic E-state index is 12.2. The highest BCUT2D eigenvalue weighted by Gasteiger charge is 2.14. The smallest absolute Gasteiger partial charge is 0.262 e. The van der Waals surface area contributed by atoms with E-state index in [0.29, 0.717) is 18.0 Å². The van der Waals surface area contributed by atoms with Crippen LogP contribution in [0.1, 0.15) is 19.8 Å². The number of carbonyl (C=O) groups excluding carboxylic acids is 1. The summed E-state index contributed by atoms with van der Waals surface area (Å²) in [6, 6.07) is 18.7. The van der Waals surface area contributed by atoms with Crippen molar-refractivity contribution in [3.05, 3.63) is 60.7 Å². The van der Waals surface area contributed by atoms with Gasteiger partial charge in [0.25, 0.3) is 5.91 Å². The van der Waals surface area contributed by atoms with Gasteiger partial charge in [-0.05, 0) is 68.3 Å². The fraction of sp³-hybridized carbons (Fsp3) is 0.292. The first-order chi connectivity index (χ1) is 15.2. The lowest BCUT2D eigenvalue weighted by atomic mass is 10.1. The number of hydrogen-bond donors (Lipinski definition) is 1. The minimum atomic E-state index is -0.226. The third-order valence-corrected chi connectivity index (χ3v) is 5.05. The Bertz CT molecular complexity index is 983. The van der Waals surface area contributed by atoms with Crippen LogP contribution in [0.3, 0.4) is 0 Å². The summed E-state index contributed by atoms with van der Waals surface area (Å²) in [4.78, 5) is 14.4. The molecule has 1 aliphatic rings. The van der Waals surface area contributed by atoms with Crippen LogP contribution in [-0.2, 0) is 4.79 Å². The second-order valence-electron chi connectivity index (χ2n) is 7.29. The highest BCUT2D eigenvalue weighted by atomic mass is 16.5. The zero-order valence-electron chi connectivity index (χ0n) is 17.6. The molecule has 1 aliphatic heterocycles. The van der Waals surface area contributed by atoms with Crippen LogP contribution in [-0.4, -0.2) is 42.4 Å². The van der Waals surface area contributed by atoms with Gasteiger partial charge in [-0.1, -0.05) is 12.1 Å². The molecule has 7 heteroatoms. The molecule has 1 amide bonds. The van der Waals surface area contributed by atoms with Crippen LogP contribution < -0.4 is 19.7 Å². The van der Waals surface area contributed by atoms with Crippen molar-refractivity contribution in [3.8, 4) is 22.8 Å². The Morgan fingerprint density at radius 3 is 2.19 bits per heavy atom. The number of nitrogens with zero attached hydrogens (tertiary/aromatic N) is 3.